The number of amides is 1. The van der Waals surface area contributed by atoms with Crippen LogP contribution in [0.2, 0.25) is 0 Å². The van der Waals surface area contributed by atoms with Crippen LogP contribution in [-0.4, -0.2) is 46.1 Å². The van der Waals surface area contributed by atoms with Gasteiger partial charge in [-0.15, -0.1) is 0 Å². The summed E-state index contributed by atoms with van der Waals surface area (Å²) in [5.74, 6) is 2.76. The van der Waals surface area contributed by atoms with Crippen LogP contribution < -0.4 is 10.1 Å². The van der Waals surface area contributed by atoms with E-state index in [2.05, 4.69) is 5.32 Å². The predicted molar refractivity (Wildman–Crippen MR) is 86.4 cm³/mol. The second kappa shape index (κ2) is 8.19. The van der Waals surface area contributed by atoms with E-state index in [0.717, 1.165) is 11.5 Å². The van der Waals surface area contributed by atoms with Gasteiger partial charge in [0, 0.05) is 34.6 Å². The van der Waals surface area contributed by atoms with Crippen molar-refractivity contribution in [1.82, 2.24) is 0 Å². The molecule has 1 saturated heterocycles. The molecule has 2 rings (SSSR count). The van der Waals surface area contributed by atoms with Crippen molar-refractivity contribution in [3.05, 3.63) is 24.3 Å². The van der Waals surface area contributed by atoms with Crippen LogP contribution in [0.1, 0.15) is 6.42 Å². The fourth-order valence-corrected chi connectivity index (χ4v) is 4.53. The van der Waals surface area contributed by atoms with Crippen molar-refractivity contribution in [2.24, 2.45) is 0 Å². The number of hydrogen-bond acceptors (Lipinski definition) is 5. The molecule has 1 amide bonds. The zero-order chi connectivity index (χ0) is 15.1. The molecular weight excluding hydrogens is 310 g/mol. The highest BCUT2D eigenvalue weighted by atomic mass is 32.2. The first-order chi connectivity index (χ1) is 10.1. The highest BCUT2D eigenvalue weighted by Crippen LogP contribution is 2.26. The van der Waals surface area contributed by atoms with E-state index in [-0.39, 0.29) is 12.5 Å². The molecule has 1 aliphatic heterocycles. The Balaban J connectivity index is 1.79. The third kappa shape index (κ3) is 5.89. The van der Waals surface area contributed by atoms with Gasteiger partial charge in [0.25, 0.3) is 0 Å². The molecule has 0 bridgehead atoms. The highest BCUT2D eigenvalue weighted by Gasteiger charge is 2.17. The van der Waals surface area contributed by atoms with Crippen molar-refractivity contribution in [1.29, 1.82) is 0 Å². The number of rotatable bonds is 6. The Hall–Kier alpha value is -1.34. The first-order valence-corrected chi connectivity index (χ1v) is 8.77. The molecule has 0 saturated carbocycles. The molecule has 0 aromatic heterocycles. The number of nitrogens with one attached hydrogen (secondary N) is 1. The van der Waals surface area contributed by atoms with E-state index in [4.69, 9.17) is 9.84 Å². The molecule has 0 spiro atoms. The summed E-state index contributed by atoms with van der Waals surface area (Å²) >= 11 is 3.75. The van der Waals surface area contributed by atoms with E-state index in [1.165, 1.54) is 5.75 Å². The van der Waals surface area contributed by atoms with E-state index in [1.807, 2.05) is 23.5 Å². The lowest BCUT2D eigenvalue weighted by Crippen LogP contribution is -2.22. The summed E-state index contributed by atoms with van der Waals surface area (Å²) in [5, 5.41) is 11.8. The minimum absolute atomic E-state index is 0.00852. The topological polar surface area (TPSA) is 75.6 Å². The molecule has 1 unspecified atom stereocenters. The minimum Gasteiger partial charge on any atom is -0.482 e. The van der Waals surface area contributed by atoms with Crippen LogP contribution in [0.3, 0.4) is 0 Å². The lowest BCUT2D eigenvalue weighted by Gasteiger charge is -2.20. The van der Waals surface area contributed by atoms with Gasteiger partial charge in [-0.05, 0) is 24.3 Å². The summed E-state index contributed by atoms with van der Waals surface area (Å²) in [6.45, 7) is -0.373. The van der Waals surface area contributed by atoms with Crippen LogP contribution in [0.15, 0.2) is 24.3 Å². The Morgan fingerprint density at radius 2 is 2.05 bits per heavy atom. The van der Waals surface area contributed by atoms with E-state index in [1.54, 1.807) is 24.3 Å². The van der Waals surface area contributed by atoms with Crippen LogP contribution in [0.4, 0.5) is 5.69 Å². The predicted octanol–water partition coefficient (Wildman–Crippen LogP) is 2.33. The third-order valence-corrected chi connectivity index (χ3v) is 5.64. The van der Waals surface area contributed by atoms with Gasteiger partial charge in [-0.1, -0.05) is 0 Å². The number of thioether (sulfide) groups is 2. The number of carbonyl (C=O) groups is 2. The molecular formula is C14H17NO4S2. The van der Waals surface area contributed by atoms with Gasteiger partial charge in [0.15, 0.2) is 6.61 Å². The van der Waals surface area contributed by atoms with E-state index >= 15 is 0 Å². The zero-order valence-corrected chi connectivity index (χ0v) is 13.0. The molecule has 1 fully saturated rings. The number of hydrogen-bond donors (Lipinski definition) is 2. The summed E-state index contributed by atoms with van der Waals surface area (Å²) in [6.07, 6.45) is 0.523. The zero-order valence-electron chi connectivity index (χ0n) is 11.4. The average Bonchev–Trinajstić information content (AvgIpc) is 2.47. The minimum atomic E-state index is -1.02. The number of carboxylic acids is 1. The number of ether oxygens (including phenoxy) is 1. The van der Waals surface area contributed by atoms with Crippen molar-refractivity contribution >= 4 is 41.1 Å². The fourth-order valence-electron chi connectivity index (χ4n) is 1.85. The van der Waals surface area contributed by atoms with Crippen LogP contribution >= 0.6 is 23.5 Å². The van der Waals surface area contributed by atoms with Gasteiger partial charge in [-0.3, -0.25) is 4.79 Å². The largest absolute Gasteiger partial charge is 0.482 e. The Morgan fingerprint density at radius 3 is 2.67 bits per heavy atom. The van der Waals surface area contributed by atoms with Crippen LogP contribution in [0.25, 0.3) is 0 Å². The van der Waals surface area contributed by atoms with Gasteiger partial charge in [0.1, 0.15) is 5.75 Å². The number of carbonyl (C=O) groups excluding carboxylic acids is 1. The fraction of sp³-hybridized carbons (Fsp3) is 0.429. The first kappa shape index (κ1) is 16.0. The van der Waals surface area contributed by atoms with Gasteiger partial charge < -0.3 is 15.2 Å². The number of anilines is 1. The lowest BCUT2D eigenvalue weighted by molar-refractivity contribution is -0.139. The van der Waals surface area contributed by atoms with Gasteiger partial charge in [-0.2, -0.15) is 23.5 Å². The maximum Gasteiger partial charge on any atom is 0.341 e. The van der Waals surface area contributed by atoms with E-state index in [0.29, 0.717) is 23.1 Å². The maximum atomic E-state index is 11.9. The van der Waals surface area contributed by atoms with Crippen LogP contribution in [0, 0.1) is 0 Å². The summed E-state index contributed by atoms with van der Waals surface area (Å²) in [4.78, 5) is 22.3. The molecule has 21 heavy (non-hydrogen) atoms. The SMILES string of the molecule is O=C(O)COc1ccc(NC(=O)CC2CSCCS2)cc1. The average molecular weight is 327 g/mol. The van der Waals surface area contributed by atoms with Gasteiger partial charge in [-0.25, -0.2) is 4.79 Å². The normalized spacial score (nSPS) is 18.0. The molecule has 1 atom stereocenters. The lowest BCUT2D eigenvalue weighted by atomic mass is 10.2. The molecule has 0 aliphatic carbocycles. The molecule has 2 N–H and O–H groups in total. The smallest absolute Gasteiger partial charge is 0.341 e. The third-order valence-electron chi connectivity index (χ3n) is 2.80. The highest BCUT2D eigenvalue weighted by molar-refractivity contribution is 8.06. The second-order valence-corrected chi connectivity index (χ2v) is 7.08. The Kier molecular flexibility index (Phi) is 6.25. The van der Waals surface area contributed by atoms with E-state index in [9.17, 15) is 9.59 Å². The van der Waals surface area contributed by atoms with Crippen LogP contribution in [0.5, 0.6) is 5.75 Å². The molecule has 1 aromatic rings. The quantitative estimate of drug-likeness (QED) is 0.835. The molecule has 1 aromatic carbocycles. The van der Waals surface area contributed by atoms with Crippen molar-refractivity contribution in [3.63, 3.8) is 0 Å². The molecule has 5 nitrogen and oxygen atoms in total. The molecule has 7 heteroatoms. The standard InChI is InChI=1S/C14H17NO4S2/c16-13(7-12-9-20-5-6-21-12)15-10-1-3-11(4-2-10)19-8-14(17)18/h1-4,12H,5-9H2,(H,15,16)(H,17,18). The molecule has 114 valence electrons. The summed E-state index contributed by atoms with van der Waals surface area (Å²) in [6, 6.07) is 6.70. The van der Waals surface area contributed by atoms with Crippen molar-refractivity contribution in [2.75, 3.05) is 29.2 Å². The van der Waals surface area contributed by atoms with Gasteiger partial charge in [0.05, 0.1) is 0 Å². The monoisotopic (exact) mass is 327 g/mol. The van der Waals surface area contributed by atoms with Crippen molar-refractivity contribution < 1.29 is 19.4 Å². The van der Waals surface area contributed by atoms with Crippen molar-refractivity contribution in [2.45, 2.75) is 11.7 Å². The molecule has 1 heterocycles. The van der Waals surface area contributed by atoms with Gasteiger partial charge in [0.2, 0.25) is 5.91 Å². The number of benzene rings is 1. The number of carboxylic acid groups (broad SMARTS) is 1. The molecule has 0 radical (unpaired) electrons. The van der Waals surface area contributed by atoms with Crippen LogP contribution in [-0.2, 0) is 9.59 Å². The summed E-state index contributed by atoms with van der Waals surface area (Å²) in [5.41, 5.74) is 0.691. The summed E-state index contributed by atoms with van der Waals surface area (Å²) < 4.78 is 5.03. The Morgan fingerprint density at radius 1 is 1.29 bits per heavy atom. The first-order valence-electron chi connectivity index (χ1n) is 6.57. The Bertz CT molecular complexity index is 486. The van der Waals surface area contributed by atoms with E-state index < -0.39 is 5.97 Å². The van der Waals surface area contributed by atoms with Crippen molar-refractivity contribution in [3.8, 4) is 5.75 Å². The number of aliphatic carboxylic acids is 1. The maximum absolute atomic E-state index is 11.9. The molecule has 1 aliphatic rings. The van der Waals surface area contributed by atoms with Gasteiger partial charge >= 0.3 is 5.97 Å². The Labute approximate surface area is 131 Å². The summed E-state index contributed by atoms with van der Waals surface area (Å²) in [7, 11) is 0. The second-order valence-electron chi connectivity index (χ2n) is 4.53.